The molecule has 0 spiro atoms. The van der Waals surface area contributed by atoms with Gasteiger partial charge in [0.05, 0.1) is 0 Å². The predicted octanol–water partition coefficient (Wildman–Crippen LogP) is 4.96. The smallest absolute Gasteiger partial charge is 0.227 e. The average molecular weight is 259 g/mol. The van der Waals surface area contributed by atoms with Crippen molar-refractivity contribution in [3.05, 3.63) is 66.2 Å². The lowest BCUT2D eigenvalue weighted by Gasteiger charge is -1.95. The lowest BCUT2D eigenvalue weighted by atomic mass is 10.1. The van der Waals surface area contributed by atoms with E-state index in [9.17, 15) is 0 Å². The topological polar surface area (TPSA) is 26.0 Å². The summed E-state index contributed by atoms with van der Waals surface area (Å²) in [5, 5.41) is 2.32. The summed E-state index contributed by atoms with van der Waals surface area (Å²) in [6.07, 6.45) is 0. The summed E-state index contributed by atoms with van der Waals surface area (Å²) in [5.41, 5.74) is 4.00. The highest BCUT2D eigenvalue weighted by Gasteiger charge is 2.10. The van der Waals surface area contributed by atoms with E-state index in [0.29, 0.717) is 5.89 Å². The molecule has 2 heteroatoms. The van der Waals surface area contributed by atoms with Gasteiger partial charge in [-0.25, -0.2) is 4.98 Å². The third kappa shape index (κ3) is 1.69. The molecular weight excluding hydrogens is 246 g/mol. The number of hydrogen-bond donors (Lipinski definition) is 0. The summed E-state index contributed by atoms with van der Waals surface area (Å²) in [6.45, 7) is 2.07. The van der Waals surface area contributed by atoms with Gasteiger partial charge in [0.1, 0.15) is 5.52 Å². The first-order chi connectivity index (χ1) is 9.81. The zero-order valence-corrected chi connectivity index (χ0v) is 11.1. The van der Waals surface area contributed by atoms with Gasteiger partial charge < -0.3 is 4.42 Å². The quantitative estimate of drug-likeness (QED) is 0.483. The van der Waals surface area contributed by atoms with Gasteiger partial charge in [-0.1, -0.05) is 48.0 Å². The standard InChI is InChI=1S/C18H13NO/c1-12-6-8-14(9-7-12)18-19-17-15-5-3-2-4-13(15)10-11-16(17)20-18/h2-11H,1H3. The number of benzene rings is 3. The van der Waals surface area contributed by atoms with Gasteiger partial charge in [0.2, 0.25) is 5.89 Å². The Hall–Kier alpha value is -2.61. The third-order valence-corrected chi connectivity index (χ3v) is 3.58. The highest BCUT2D eigenvalue weighted by Crippen LogP contribution is 2.29. The van der Waals surface area contributed by atoms with E-state index >= 15 is 0 Å². The van der Waals surface area contributed by atoms with Crippen LogP contribution in [0.5, 0.6) is 0 Å². The van der Waals surface area contributed by atoms with Crippen molar-refractivity contribution in [3.63, 3.8) is 0 Å². The van der Waals surface area contributed by atoms with Gasteiger partial charge in [-0.3, -0.25) is 0 Å². The fraction of sp³-hybridized carbons (Fsp3) is 0.0556. The number of rotatable bonds is 1. The average Bonchev–Trinajstić information content (AvgIpc) is 2.92. The molecule has 1 heterocycles. The molecule has 0 radical (unpaired) electrons. The van der Waals surface area contributed by atoms with E-state index < -0.39 is 0 Å². The van der Waals surface area contributed by atoms with Crippen molar-refractivity contribution in [1.29, 1.82) is 0 Å². The maximum absolute atomic E-state index is 5.89. The van der Waals surface area contributed by atoms with Gasteiger partial charge in [0.25, 0.3) is 0 Å². The lowest BCUT2D eigenvalue weighted by molar-refractivity contribution is 0.620. The Morgan fingerprint density at radius 1 is 0.850 bits per heavy atom. The minimum Gasteiger partial charge on any atom is -0.436 e. The monoisotopic (exact) mass is 259 g/mol. The number of fused-ring (bicyclic) bond motifs is 3. The van der Waals surface area contributed by atoms with E-state index in [0.717, 1.165) is 22.0 Å². The van der Waals surface area contributed by atoms with E-state index in [4.69, 9.17) is 4.42 Å². The molecule has 0 aliphatic heterocycles. The zero-order chi connectivity index (χ0) is 13.5. The molecule has 0 aliphatic carbocycles. The maximum atomic E-state index is 5.89. The van der Waals surface area contributed by atoms with E-state index in [1.807, 2.05) is 30.3 Å². The molecule has 0 unspecified atom stereocenters. The highest BCUT2D eigenvalue weighted by molar-refractivity contribution is 6.03. The van der Waals surface area contributed by atoms with E-state index in [-0.39, 0.29) is 0 Å². The summed E-state index contributed by atoms with van der Waals surface area (Å²) in [5.74, 6) is 0.677. The second-order valence-electron chi connectivity index (χ2n) is 5.02. The first-order valence-electron chi connectivity index (χ1n) is 6.66. The first-order valence-corrected chi connectivity index (χ1v) is 6.66. The van der Waals surface area contributed by atoms with Crippen LogP contribution in [-0.4, -0.2) is 4.98 Å². The molecule has 0 N–H and O–H groups in total. The summed E-state index contributed by atoms with van der Waals surface area (Å²) < 4.78 is 5.89. The summed E-state index contributed by atoms with van der Waals surface area (Å²) in [6, 6.07) is 20.5. The van der Waals surface area contributed by atoms with Crippen molar-refractivity contribution in [1.82, 2.24) is 4.98 Å². The maximum Gasteiger partial charge on any atom is 0.227 e. The van der Waals surface area contributed by atoms with Crippen LogP contribution in [-0.2, 0) is 0 Å². The molecule has 0 saturated heterocycles. The van der Waals surface area contributed by atoms with E-state index in [2.05, 4.69) is 42.2 Å². The second-order valence-corrected chi connectivity index (χ2v) is 5.02. The van der Waals surface area contributed by atoms with Crippen LogP contribution in [0.15, 0.2) is 65.1 Å². The Kier molecular flexibility index (Phi) is 2.36. The molecule has 1 aromatic heterocycles. The Bertz CT molecular complexity index is 904. The van der Waals surface area contributed by atoms with Gasteiger partial charge in [0.15, 0.2) is 5.58 Å². The molecule has 20 heavy (non-hydrogen) atoms. The minimum absolute atomic E-state index is 0.677. The molecule has 0 fully saturated rings. The van der Waals surface area contributed by atoms with Crippen LogP contribution in [0.25, 0.3) is 33.3 Å². The molecule has 4 aromatic rings. The molecule has 0 saturated carbocycles. The van der Waals surface area contributed by atoms with Crippen LogP contribution in [0.3, 0.4) is 0 Å². The summed E-state index contributed by atoms with van der Waals surface area (Å²) >= 11 is 0. The molecule has 0 atom stereocenters. The van der Waals surface area contributed by atoms with Gasteiger partial charge >= 0.3 is 0 Å². The van der Waals surface area contributed by atoms with Crippen molar-refractivity contribution in [3.8, 4) is 11.5 Å². The largest absolute Gasteiger partial charge is 0.436 e. The Labute approximate surface area is 116 Å². The zero-order valence-electron chi connectivity index (χ0n) is 11.1. The molecule has 3 aromatic carbocycles. The predicted molar refractivity (Wildman–Crippen MR) is 81.7 cm³/mol. The lowest BCUT2D eigenvalue weighted by Crippen LogP contribution is -1.78. The van der Waals surface area contributed by atoms with Gasteiger partial charge in [-0.15, -0.1) is 0 Å². The third-order valence-electron chi connectivity index (χ3n) is 3.58. The molecular formula is C18H13NO. The Morgan fingerprint density at radius 2 is 1.65 bits per heavy atom. The summed E-state index contributed by atoms with van der Waals surface area (Å²) in [4.78, 5) is 4.67. The summed E-state index contributed by atoms with van der Waals surface area (Å²) in [7, 11) is 0. The van der Waals surface area contributed by atoms with Crippen molar-refractivity contribution in [2.45, 2.75) is 6.92 Å². The molecule has 96 valence electrons. The highest BCUT2D eigenvalue weighted by atomic mass is 16.3. The fourth-order valence-electron chi connectivity index (χ4n) is 2.48. The van der Waals surface area contributed by atoms with Crippen molar-refractivity contribution >= 4 is 21.9 Å². The van der Waals surface area contributed by atoms with Gasteiger partial charge in [-0.05, 0) is 30.5 Å². The number of nitrogens with zero attached hydrogens (tertiary/aromatic N) is 1. The molecule has 0 amide bonds. The number of oxazole rings is 1. The molecule has 0 bridgehead atoms. The van der Waals surface area contributed by atoms with Crippen LogP contribution in [0.1, 0.15) is 5.56 Å². The van der Waals surface area contributed by atoms with Gasteiger partial charge in [-0.2, -0.15) is 0 Å². The Balaban J connectivity index is 1.98. The van der Waals surface area contributed by atoms with Gasteiger partial charge in [0, 0.05) is 10.9 Å². The van der Waals surface area contributed by atoms with Crippen LogP contribution >= 0.6 is 0 Å². The number of aryl methyl sites for hydroxylation is 1. The van der Waals surface area contributed by atoms with Crippen molar-refractivity contribution < 1.29 is 4.42 Å². The van der Waals surface area contributed by atoms with Crippen LogP contribution in [0.2, 0.25) is 0 Å². The fourth-order valence-corrected chi connectivity index (χ4v) is 2.48. The van der Waals surface area contributed by atoms with E-state index in [1.54, 1.807) is 0 Å². The number of hydrogen-bond acceptors (Lipinski definition) is 2. The van der Waals surface area contributed by atoms with Crippen LogP contribution < -0.4 is 0 Å². The first kappa shape index (κ1) is 11.2. The SMILES string of the molecule is Cc1ccc(-c2nc3c(ccc4ccccc43)o2)cc1. The molecule has 0 aliphatic rings. The van der Waals surface area contributed by atoms with Crippen molar-refractivity contribution in [2.24, 2.45) is 0 Å². The number of aromatic nitrogens is 1. The molecule has 2 nitrogen and oxygen atoms in total. The van der Waals surface area contributed by atoms with Crippen molar-refractivity contribution in [2.75, 3.05) is 0 Å². The Morgan fingerprint density at radius 3 is 2.50 bits per heavy atom. The molecule has 4 rings (SSSR count). The van der Waals surface area contributed by atoms with E-state index in [1.165, 1.54) is 10.9 Å². The van der Waals surface area contributed by atoms with Crippen LogP contribution in [0, 0.1) is 6.92 Å². The normalized spacial score (nSPS) is 11.2. The second kappa shape index (κ2) is 4.20. The minimum atomic E-state index is 0.677. The van der Waals surface area contributed by atoms with Crippen LogP contribution in [0.4, 0.5) is 0 Å².